The molecule has 6 nitrogen and oxygen atoms in total. The Morgan fingerprint density at radius 2 is 2.04 bits per heavy atom. The highest BCUT2D eigenvalue weighted by atomic mass is 16.6. The summed E-state index contributed by atoms with van der Waals surface area (Å²) in [4.78, 5) is 15.1. The number of carbonyl (C=O) groups excluding carboxylic acids is 1. The summed E-state index contributed by atoms with van der Waals surface area (Å²) in [6.07, 6.45) is 2.04. The molecule has 28 heavy (non-hydrogen) atoms. The zero-order valence-electron chi connectivity index (χ0n) is 15.9. The first kappa shape index (κ1) is 18.3. The Labute approximate surface area is 164 Å². The first-order chi connectivity index (χ1) is 13.7. The third-order valence-corrected chi connectivity index (χ3v) is 5.38. The molecular weight excluding hydrogens is 354 g/mol. The Morgan fingerprint density at radius 3 is 2.86 bits per heavy atom. The second-order valence-corrected chi connectivity index (χ2v) is 7.16. The average Bonchev–Trinajstić information content (AvgIpc) is 3.22. The molecule has 0 saturated carbocycles. The van der Waals surface area contributed by atoms with Gasteiger partial charge in [0, 0.05) is 11.7 Å². The summed E-state index contributed by atoms with van der Waals surface area (Å²) >= 11 is 0. The standard InChI is InChI=1S/C22H23N3O3/c1-15(22(26)24-18-5-2-4-16(12-18)14-23)25-9-3-6-19(25)17-7-8-20-21(13-17)28-11-10-27-20/h2,4-5,7-8,12-13,15,19H,3,6,9-11H2,1H3,(H,24,26)/t15-,19+/m1/s1. The third kappa shape index (κ3) is 3.67. The van der Waals surface area contributed by atoms with Crippen molar-refractivity contribution >= 4 is 11.6 Å². The number of nitrogens with zero attached hydrogens (tertiary/aromatic N) is 2. The lowest BCUT2D eigenvalue weighted by Gasteiger charge is -2.31. The summed E-state index contributed by atoms with van der Waals surface area (Å²) < 4.78 is 11.3. The number of hydrogen-bond acceptors (Lipinski definition) is 5. The van der Waals surface area contributed by atoms with Gasteiger partial charge >= 0.3 is 0 Å². The fourth-order valence-corrected chi connectivity index (χ4v) is 3.94. The van der Waals surface area contributed by atoms with Gasteiger partial charge in [-0.05, 0) is 62.2 Å². The van der Waals surface area contributed by atoms with Gasteiger partial charge in [0.1, 0.15) is 13.2 Å². The minimum atomic E-state index is -0.286. The van der Waals surface area contributed by atoms with Crippen LogP contribution in [0.5, 0.6) is 11.5 Å². The van der Waals surface area contributed by atoms with Crippen LogP contribution in [0.3, 0.4) is 0 Å². The predicted molar refractivity (Wildman–Crippen MR) is 105 cm³/mol. The van der Waals surface area contributed by atoms with Crippen LogP contribution in [-0.2, 0) is 4.79 Å². The van der Waals surface area contributed by atoms with Gasteiger partial charge in [-0.1, -0.05) is 12.1 Å². The second kappa shape index (κ2) is 7.91. The number of nitriles is 1. The Balaban J connectivity index is 1.49. The normalized spacial score (nSPS) is 19.6. The van der Waals surface area contributed by atoms with Gasteiger partial charge in [-0.15, -0.1) is 0 Å². The first-order valence-corrected chi connectivity index (χ1v) is 9.62. The number of likely N-dealkylation sites (tertiary alicyclic amines) is 1. The van der Waals surface area contributed by atoms with Crippen molar-refractivity contribution in [2.45, 2.75) is 31.8 Å². The number of nitrogens with one attached hydrogen (secondary N) is 1. The maximum atomic E-state index is 12.8. The van der Waals surface area contributed by atoms with E-state index in [0.717, 1.165) is 36.4 Å². The zero-order chi connectivity index (χ0) is 19.5. The molecule has 2 atom stereocenters. The van der Waals surface area contributed by atoms with Crippen LogP contribution in [0.2, 0.25) is 0 Å². The van der Waals surface area contributed by atoms with Crippen LogP contribution in [0.15, 0.2) is 42.5 Å². The number of ether oxygens (including phenoxy) is 2. The summed E-state index contributed by atoms with van der Waals surface area (Å²) in [5, 5.41) is 12.0. The molecule has 1 saturated heterocycles. The zero-order valence-corrected chi connectivity index (χ0v) is 15.9. The lowest BCUT2D eigenvalue weighted by molar-refractivity contribution is -0.121. The van der Waals surface area contributed by atoms with Gasteiger partial charge in [0.2, 0.25) is 5.91 Å². The molecule has 2 heterocycles. The van der Waals surface area contributed by atoms with Crippen molar-refractivity contribution in [1.82, 2.24) is 4.90 Å². The van der Waals surface area contributed by atoms with Gasteiger partial charge in [0.25, 0.3) is 0 Å². The summed E-state index contributed by atoms with van der Waals surface area (Å²) in [6, 6.07) is 15.0. The van der Waals surface area contributed by atoms with Gasteiger partial charge in [-0.2, -0.15) is 5.26 Å². The Morgan fingerprint density at radius 1 is 1.21 bits per heavy atom. The van der Waals surface area contributed by atoms with Crippen molar-refractivity contribution < 1.29 is 14.3 Å². The van der Waals surface area contributed by atoms with Crippen molar-refractivity contribution in [3.63, 3.8) is 0 Å². The van der Waals surface area contributed by atoms with Crippen LogP contribution in [0.25, 0.3) is 0 Å². The molecule has 0 unspecified atom stereocenters. The van der Waals surface area contributed by atoms with Gasteiger partial charge in [0.15, 0.2) is 11.5 Å². The molecule has 0 bridgehead atoms. The van der Waals surface area contributed by atoms with E-state index in [2.05, 4.69) is 22.4 Å². The molecule has 1 amide bonds. The monoisotopic (exact) mass is 377 g/mol. The van der Waals surface area contributed by atoms with Gasteiger partial charge in [0.05, 0.1) is 17.7 Å². The molecule has 2 aromatic rings. The highest BCUT2D eigenvalue weighted by molar-refractivity contribution is 5.94. The molecule has 0 spiro atoms. The van der Waals surface area contributed by atoms with Crippen molar-refractivity contribution in [1.29, 1.82) is 5.26 Å². The molecular formula is C22H23N3O3. The molecule has 2 aromatic carbocycles. The summed E-state index contributed by atoms with van der Waals surface area (Å²) in [7, 11) is 0. The van der Waals surface area contributed by atoms with E-state index in [0.29, 0.717) is 24.5 Å². The van der Waals surface area contributed by atoms with E-state index < -0.39 is 0 Å². The van der Waals surface area contributed by atoms with Crippen LogP contribution in [-0.4, -0.2) is 36.6 Å². The highest BCUT2D eigenvalue weighted by Gasteiger charge is 2.33. The van der Waals surface area contributed by atoms with Crippen LogP contribution in [0.1, 0.15) is 36.9 Å². The molecule has 1 fully saturated rings. The lowest BCUT2D eigenvalue weighted by Crippen LogP contribution is -2.41. The van der Waals surface area contributed by atoms with Crippen LogP contribution in [0, 0.1) is 11.3 Å². The van der Waals surface area contributed by atoms with Crippen LogP contribution < -0.4 is 14.8 Å². The number of carbonyl (C=O) groups is 1. The minimum absolute atomic E-state index is 0.0699. The van der Waals surface area contributed by atoms with E-state index >= 15 is 0 Å². The number of fused-ring (bicyclic) bond motifs is 1. The molecule has 0 aliphatic carbocycles. The maximum Gasteiger partial charge on any atom is 0.241 e. The van der Waals surface area contributed by atoms with E-state index in [1.165, 1.54) is 0 Å². The number of benzene rings is 2. The molecule has 144 valence electrons. The molecule has 6 heteroatoms. The number of amides is 1. The van der Waals surface area contributed by atoms with Crippen molar-refractivity contribution in [2.24, 2.45) is 0 Å². The smallest absolute Gasteiger partial charge is 0.241 e. The molecule has 2 aliphatic rings. The molecule has 1 N–H and O–H groups in total. The van der Waals surface area contributed by atoms with Gasteiger partial charge in [-0.25, -0.2) is 0 Å². The quantitative estimate of drug-likeness (QED) is 0.883. The average molecular weight is 377 g/mol. The van der Waals surface area contributed by atoms with Crippen molar-refractivity contribution in [3.8, 4) is 17.6 Å². The van der Waals surface area contributed by atoms with E-state index in [1.54, 1.807) is 24.3 Å². The highest BCUT2D eigenvalue weighted by Crippen LogP contribution is 2.39. The summed E-state index contributed by atoms with van der Waals surface area (Å²) in [6.45, 7) is 3.93. The van der Waals surface area contributed by atoms with E-state index in [9.17, 15) is 4.79 Å². The van der Waals surface area contributed by atoms with Crippen LogP contribution in [0.4, 0.5) is 5.69 Å². The lowest BCUT2D eigenvalue weighted by atomic mass is 10.0. The third-order valence-electron chi connectivity index (χ3n) is 5.38. The van der Waals surface area contributed by atoms with E-state index in [1.807, 2.05) is 19.1 Å². The molecule has 0 radical (unpaired) electrons. The first-order valence-electron chi connectivity index (χ1n) is 9.62. The van der Waals surface area contributed by atoms with E-state index in [-0.39, 0.29) is 18.0 Å². The number of rotatable bonds is 4. The van der Waals surface area contributed by atoms with Crippen molar-refractivity contribution in [2.75, 3.05) is 25.1 Å². The Bertz CT molecular complexity index is 921. The van der Waals surface area contributed by atoms with Gasteiger partial charge < -0.3 is 14.8 Å². The second-order valence-electron chi connectivity index (χ2n) is 7.16. The number of hydrogen-bond donors (Lipinski definition) is 1. The fraction of sp³-hybridized carbons (Fsp3) is 0.364. The minimum Gasteiger partial charge on any atom is -0.486 e. The topological polar surface area (TPSA) is 74.6 Å². The van der Waals surface area contributed by atoms with Crippen molar-refractivity contribution in [3.05, 3.63) is 53.6 Å². The van der Waals surface area contributed by atoms with E-state index in [4.69, 9.17) is 14.7 Å². The Kier molecular flexibility index (Phi) is 5.18. The maximum absolute atomic E-state index is 12.8. The molecule has 4 rings (SSSR count). The largest absolute Gasteiger partial charge is 0.486 e. The predicted octanol–water partition coefficient (Wildman–Crippen LogP) is 3.49. The molecule has 0 aromatic heterocycles. The Hall–Kier alpha value is -3.04. The number of anilines is 1. The van der Waals surface area contributed by atoms with Crippen LogP contribution >= 0.6 is 0 Å². The van der Waals surface area contributed by atoms with Gasteiger partial charge in [-0.3, -0.25) is 9.69 Å². The fourth-order valence-electron chi connectivity index (χ4n) is 3.94. The molecule has 2 aliphatic heterocycles. The summed E-state index contributed by atoms with van der Waals surface area (Å²) in [5.41, 5.74) is 2.32. The SMILES string of the molecule is C[C@H](C(=O)Nc1cccc(C#N)c1)N1CCC[C@H]1c1ccc2c(c1)OCCO2. The summed E-state index contributed by atoms with van der Waals surface area (Å²) in [5.74, 6) is 1.49.